The minimum absolute atomic E-state index is 0.810. The highest BCUT2D eigenvalue weighted by atomic mass is 14.3. The van der Waals surface area contributed by atoms with Crippen molar-refractivity contribution in [3.8, 4) is 47.4 Å². The zero-order valence-corrected chi connectivity index (χ0v) is 42.5. The Balaban J connectivity index is 1.62. The number of hydrogen-bond acceptors (Lipinski definition) is 0. The van der Waals surface area contributed by atoms with Crippen LogP contribution in [0.15, 0.2) is 216 Å². The first-order valence-electron chi connectivity index (χ1n) is 24.6. The van der Waals surface area contributed by atoms with Crippen LogP contribution in [0.3, 0.4) is 0 Å². The predicted molar refractivity (Wildman–Crippen MR) is 305 cm³/mol. The summed E-state index contributed by atoms with van der Waals surface area (Å²) in [6.45, 7) is 17.0. The van der Waals surface area contributed by atoms with Gasteiger partial charge in [-0.2, -0.15) is 0 Å². The van der Waals surface area contributed by atoms with Gasteiger partial charge in [-0.15, -0.1) is 0 Å². The zero-order chi connectivity index (χ0) is 50.1. The maximum absolute atomic E-state index is 3.91. The van der Waals surface area contributed by atoms with Crippen LogP contribution in [0.25, 0.3) is 22.3 Å². The molecular weight excluding hydrogens is 865 g/mol. The summed E-state index contributed by atoms with van der Waals surface area (Å²) in [7, 11) is 0. The summed E-state index contributed by atoms with van der Waals surface area (Å²) in [6.07, 6.45) is 0. The smallest absolute Gasteiger partial charge is 0.0431 e. The molecule has 0 unspecified atom stereocenters. The molecule has 1 aliphatic carbocycles. The maximum Gasteiger partial charge on any atom is 0.0431 e. The summed E-state index contributed by atoms with van der Waals surface area (Å²) in [5.74, 6) is 30.4. The Morgan fingerprint density at radius 1 is 0.194 bits per heavy atom. The van der Waals surface area contributed by atoms with Gasteiger partial charge in [0.1, 0.15) is 0 Å². The quantitative estimate of drug-likeness (QED) is 0.154. The van der Waals surface area contributed by atoms with Crippen molar-refractivity contribution in [1.82, 2.24) is 0 Å². The van der Waals surface area contributed by atoms with Crippen molar-refractivity contribution in [3.63, 3.8) is 0 Å². The van der Waals surface area contributed by atoms with Crippen LogP contribution in [0, 0.1) is 103 Å². The summed E-state index contributed by atoms with van der Waals surface area (Å²) >= 11 is 0. The van der Waals surface area contributed by atoms with Crippen LogP contribution in [0.5, 0.6) is 0 Å². The third kappa shape index (κ3) is 11.3. The Labute approximate surface area is 428 Å². The molecule has 72 heavy (non-hydrogen) atoms. The second-order valence-electron chi connectivity index (χ2n) is 18.9. The topological polar surface area (TPSA) is 0 Å². The van der Waals surface area contributed by atoms with Gasteiger partial charge in [-0.25, -0.2) is 0 Å². The van der Waals surface area contributed by atoms with Gasteiger partial charge in [-0.05, 0) is 132 Å². The van der Waals surface area contributed by atoms with Crippen LogP contribution in [0.2, 0.25) is 0 Å². The number of benzene rings is 8. The van der Waals surface area contributed by atoms with Gasteiger partial charge in [0.15, 0.2) is 0 Å². The van der Waals surface area contributed by atoms with Crippen LogP contribution in [-0.4, -0.2) is 0 Å². The van der Waals surface area contributed by atoms with Gasteiger partial charge in [-0.3, -0.25) is 0 Å². The third-order valence-electron chi connectivity index (χ3n) is 12.9. The van der Waals surface area contributed by atoms with Gasteiger partial charge in [-0.1, -0.05) is 232 Å². The molecule has 0 N–H and O–H groups in total. The average molecular weight is 921 g/mol. The number of allylic oxidation sites excluding steroid dienone is 8. The van der Waals surface area contributed by atoms with E-state index in [0.29, 0.717) is 0 Å². The Bertz CT molecular complexity index is 3660. The van der Waals surface area contributed by atoms with Crippen molar-refractivity contribution in [2.75, 3.05) is 0 Å². The molecule has 0 heterocycles. The molecule has 0 aliphatic heterocycles. The highest BCUT2D eigenvalue weighted by molar-refractivity contribution is 6.16. The average Bonchev–Trinajstić information content (AvgIpc) is 3.38. The van der Waals surface area contributed by atoms with Crippen LogP contribution >= 0.6 is 0 Å². The van der Waals surface area contributed by atoms with E-state index in [2.05, 4.69) is 297 Å². The van der Waals surface area contributed by atoms with Gasteiger partial charge in [0, 0.05) is 66.8 Å². The van der Waals surface area contributed by atoms with Gasteiger partial charge >= 0.3 is 0 Å². The first kappa shape index (κ1) is 48.0. The summed E-state index contributed by atoms with van der Waals surface area (Å²) in [5, 5.41) is 0. The summed E-state index contributed by atoms with van der Waals surface area (Å²) < 4.78 is 0. The fourth-order valence-electron chi connectivity index (χ4n) is 8.71. The van der Waals surface area contributed by atoms with E-state index >= 15 is 0 Å². The Morgan fingerprint density at radius 3 is 0.653 bits per heavy atom. The molecule has 0 aromatic heterocycles. The van der Waals surface area contributed by atoms with Gasteiger partial charge in [0.2, 0.25) is 0 Å². The van der Waals surface area contributed by atoms with Crippen molar-refractivity contribution < 1.29 is 0 Å². The molecule has 0 heteroatoms. The van der Waals surface area contributed by atoms with Crippen LogP contribution in [-0.2, 0) is 0 Å². The zero-order valence-electron chi connectivity index (χ0n) is 42.5. The number of hydrogen-bond donors (Lipinski definition) is 0. The molecule has 8 aromatic carbocycles. The van der Waals surface area contributed by atoms with Gasteiger partial charge in [0.05, 0.1) is 0 Å². The summed E-state index contributed by atoms with van der Waals surface area (Å²) in [5.41, 5.74) is 23.6. The van der Waals surface area contributed by atoms with Crippen LogP contribution in [0.4, 0.5) is 0 Å². The normalized spacial score (nSPS) is 16.3. The monoisotopic (exact) mass is 920 g/mol. The van der Waals surface area contributed by atoms with Crippen molar-refractivity contribution in [2.24, 2.45) is 0 Å². The van der Waals surface area contributed by atoms with Crippen LogP contribution < -0.4 is 0 Å². The summed E-state index contributed by atoms with van der Waals surface area (Å²) in [4.78, 5) is 0. The van der Waals surface area contributed by atoms with Gasteiger partial charge in [0.25, 0.3) is 0 Å². The molecule has 344 valence electrons. The van der Waals surface area contributed by atoms with Crippen molar-refractivity contribution in [2.45, 2.75) is 55.4 Å². The predicted octanol–water partition coefficient (Wildman–Crippen LogP) is 16.5. The molecule has 8 aromatic rings. The lowest BCUT2D eigenvalue weighted by atomic mass is 9.74. The Hall–Kier alpha value is -9.04. The molecule has 0 fully saturated rings. The molecule has 0 atom stereocenters. The van der Waals surface area contributed by atoms with Crippen molar-refractivity contribution >= 4 is 22.3 Å². The second kappa shape index (κ2) is 21.7. The van der Waals surface area contributed by atoms with E-state index in [4.69, 9.17) is 0 Å². The largest absolute Gasteiger partial charge is 0.0616 e. The molecule has 1 aliphatic rings. The SMILES string of the molecule is Cc1ccc(C#CC2=C(c3ccc(C)cc3)/C(C#Cc3ccc(C)cc3)=C(c3ccc(C)cc3)\C(C#Cc3cccc(C)c3)=C(c3ccc(C)cc3)/C(C#Cc3ccc(C)cc3)=C\2c2ccc(C)cc2)cc1. The lowest BCUT2D eigenvalue weighted by Gasteiger charge is -2.27. The minimum atomic E-state index is 0.810. The second-order valence-corrected chi connectivity index (χ2v) is 18.9. The van der Waals surface area contributed by atoms with Crippen molar-refractivity contribution in [3.05, 3.63) is 305 Å². The first-order valence-corrected chi connectivity index (χ1v) is 24.6. The van der Waals surface area contributed by atoms with E-state index in [9.17, 15) is 0 Å². The standard InChI is InChI=1S/C72H56/c1-49-12-26-57(27-13-49)32-44-65-69(61-36-18-52(4)19-37-61)66(45-33-58-28-14-50(2)15-29-58)71(63-40-22-54(6)23-41-63)68(47-35-60-11-9-10-56(8)48-60)72(64-42-24-55(7)25-43-64)67(46-34-59-30-16-51(3)17-31-59)70(65)62-38-20-53(5)21-39-62/h9-31,36-43,48H,1-8H3/b69-65-,69-66?,70-65?,70-67-,71-66-,71-68?,72-67?,72-68-. The van der Waals surface area contributed by atoms with Gasteiger partial charge < -0.3 is 0 Å². The minimum Gasteiger partial charge on any atom is -0.0616 e. The van der Waals surface area contributed by atoms with Crippen molar-refractivity contribution in [1.29, 1.82) is 0 Å². The molecule has 0 radical (unpaired) electrons. The van der Waals surface area contributed by atoms with E-state index in [1.807, 2.05) is 0 Å². The number of rotatable bonds is 4. The highest BCUT2D eigenvalue weighted by Gasteiger charge is 2.31. The molecule has 0 nitrogen and oxygen atoms in total. The molecule has 0 saturated heterocycles. The highest BCUT2D eigenvalue weighted by Crippen LogP contribution is 2.48. The van der Waals surface area contributed by atoms with Crippen LogP contribution in [0.1, 0.15) is 89.0 Å². The molecule has 9 rings (SSSR count). The number of aryl methyl sites for hydroxylation is 8. The van der Waals surface area contributed by atoms with E-state index < -0.39 is 0 Å². The maximum atomic E-state index is 3.91. The Kier molecular flexibility index (Phi) is 14.5. The molecule has 0 saturated carbocycles. The summed E-state index contributed by atoms with van der Waals surface area (Å²) in [6, 6.07) is 69.0. The van der Waals surface area contributed by atoms with E-state index in [-0.39, 0.29) is 0 Å². The first-order chi connectivity index (χ1) is 34.9. The molecular formula is C72H56. The fourth-order valence-corrected chi connectivity index (χ4v) is 8.71. The van der Waals surface area contributed by atoms with E-state index in [0.717, 1.165) is 117 Å². The lowest BCUT2D eigenvalue weighted by Crippen LogP contribution is -2.10. The molecule has 0 spiro atoms. The Morgan fingerprint density at radius 2 is 0.417 bits per heavy atom. The van der Waals surface area contributed by atoms with E-state index in [1.165, 1.54) is 16.7 Å². The van der Waals surface area contributed by atoms with E-state index in [1.54, 1.807) is 0 Å². The molecule has 0 bridgehead atoms. The fraction of sp³-hybridized carbons (Fsp3) is 0.111. The molecule has 0 amide bonds. The third-order valence-corrected chi connectivity index (χ3v) is 12.9. The lowest BCUT2D eigenvalue weighted by molar-refractivity contribution is 1.41.